The van der Waals surface area contributed by atoms with Crippen LogP contribution in [0.2, 0.25) is 0 Å². The minimum atomic E-state index is -0.513. The molecule has 1 aromatic carbocycles. The third-order valence-electron chi connectivity index (χ3n) is 3.36. The molecule has 0 spiro atoms. The van der Waals surface area contributed by atoms with Crippen molar-refractivity contribution in [1.29, 1.82) is 0 Å². The smallest absolute Gasteiger partial charge is 0.307 e. The molecule has 0 radical (unpaired) electrons. The second kappa shape index (κ2) is 10.2. The SMILES string of the molecule is CCOC(=O)CCN(C)CCC(O)c1ccc(OCC)cc1. The van der Waals surface area contributed by atoms with Crippen molar-refractivity contribution in [2.75, 3.05) is 33.4 Å². The molecular formula is C17H27NO4. The number of hydrogen-bond donors (Lipinski definition) is 1. The van der Waals surface area contributed by atoms with E-state index in [4.69, 9.17) is 9.47 Å². The summed E-state index contributed by atoms with van der Waals surface area (Å²) in [6, 6.07) is 7.50. The number of aliphatic hydroxyl groups is 1. The lowest BCUT2D eigenvalue weighted by atomic mass is 10.1. The standard InChI is InChI=1S/C17H27NO4/c1-4-21-15-8-6-14(7-9-15)16(19)10-12-18(3)13-11-17(20)22-5-2/h6-9,16,19H,4-5,10-13H2,1-3H3. The molecule has 0 aromatic heterocycles. The number of esters is 1. The first-order valence-corrected chi connectivity index (χ1v) is 7.81. The van der Waals surface area contributed by atoms with Gasteiger partial charge >= 0.3 is 5.97 Å². The number of ether oxygens (including phenoxy) is 2. The number of nitrogens with zero attached hydrogens (tertiary/aromatic N) is 1. The van der Waals surface area contributed by atoms with E-state index < -0.39 is 6.10 Å². The number of hydrogen-bond acceptors (Lipinski definition) is 5. The van der Waals surface area contributed by atoms with E-state index >= 15 is 0 Å². The highest BCUT2D eigenvalue weighted by Gasteiger charge is 2.10. The van der Waals surface area contributed by atoms with Crippen LogP contribution in [-0.4, -0.2) is 49.3 Å². The summed E-state index contributed by atoms with van der Waals surface area (Å²) in [5.41, 5.74) is 0.877. The molecule has 0 heterocycles. The average Bonchev–Trinajstić information content (AvgIpc) is 2.52. The fourth-order valence-electron chi connectivity index (χ4n) is 2.09. The van der Waals surface area contributed by atoms with Crippen LogP contribution >= 0.6 is 0 Å². The second-order valence-electron chi connectivity index (χ2n) is 5.16. The summed E-state index contributed by atoms with van der Waals surface area (Å²) in [7, 11) is 1.93. The number of aliphatic hydroxyl groups excluding tert-OH is 1. The van der Waals surface area contributed by atoms with E-state index in [-0.39, 0.29) is 5.97 Å². The Morgan fingerprint density at radius 1 is 1.18 bits per heavy atom. The van der Waals surface area contributed by atoms with Gasteiger partial charge in [0.25, 0.3) is 0 Å². The van der Waals surface area contributed by atoms with Crippen molar-refractivity contribution < 1.29 is 19.4 Å². The summed E-state index contributed by atoms with van der Waals surface area (Å²) in [5.74, 6) is 0.631. The zero-order valence-corrected chi connectivity index (χ0v) is 13.7. The first-order chi connectivity index (χ1) is 10.6. The highest BCUT2D eigenvalue weighted by atomic mass is 16.5. The number of rotatable bonds is 10. The van der Waals surface area contributed by atoms with Gasteiger partial charge in [0, 0.05) is 13.1 Å². The third kappa shape index (κ3) is 6.91. The van der Waals surface area contributed by atoms with Crippen LogP contribution in [0.5, 0.6) is 5.75 Å². The summed E-state index contributed by atoms with van der Waals surface area (Å²) >= 11 is 0. The maximum atomic E-state index is 11.3. The largest absolute Gasteiger partial charge is 0.494 e. The van der Waals surface area contributed by atoms with Crippen molar-refractivity contribution in [3.8, 4) is 5.75 Å². The van der Waals surface area contributed by atoms with E-state index in [1.807, 2.05) is 43.1 Å². The molecule has 0 bridgehead atoms. The van der Waals surface area contributed by atoms with Crippen molar-refractivity contribution in [2.24, 2.45) is 0 Å². The fourth-order valence-corrected chi connectivity index (χ4v) is 2.09. The molecule has 1 unspecified atom stereocenters. The maximum Gasteiger partial charge on any atom is 0.307 e. The lowest BCUT2D eigenvalue weighted by Gasteiger charge is -2.18. The first kappa shape index (κ1) is 18.5. The van der Waals surface area contributed by atoms with Gasteiger partial charge in [-0.3, -0.25) is 4.79 Å². The molecule has 0 amide bonds. The van der Waals surface area contributed by atoms with Gasteiger partial charge in [-0.15, -0.1) is 0 Å². The summed E-state index contributed by atoms with van der Waals surface area (Å²) < 4.78 is 10.3. The van der Waals surface area contributed by atoms with Crippen LogP contribution in [-0.2, 0) is 9.53 Å². The van der Waals surface area contributed by atoms with Crippen LogP contribution in [0.3, 0.4) is 0 Å². The van der Waals surface area contributed by atoms with Gasteiger partial charge in [0.15, 0.2) is 0 Å². The minimum Gasteiger partial charge on any atom is -0.494 e. The second-order valence-corrected chi connectivity index (χ2v) is 5.16. The van der Waals surface area contributed by atoms with Crippen molar-refractivity contribution >= 4 is 5.97 Å². The van der Waals surface area contributed by atoms with Gasteiger partial charge in [0.05, 0.1) is 25.7 Å². The van der Waals surface area contributed by atoms with Gasteiger partial charge in [-0.1, -0.05) is 12.1 Å². The molecule has 1 aromatic rings. The van der Waals surface area contributed by atoms with Gasteiger partial charge in [0.2, 0.25) is 0 Å². The predicted octanol–water partition coefficient (Wildman–Crippen LogP) is 2.39. The summed E-state index contributed by atoms with van der Waals surface area (Å²) in [6.07, 6.45) is 0.484. The van der Waals surface area contributed by atoms with E-state index in [9.17, 15) is 9.90 Å². The van der Waals surface area contributed by atoms with Crippen molar-refractivity contribution in [2.45, 2.75) is 32.8 Å². The fraction of sp³-hybridized carbons (Fsp3) is 0.588. The van der Waals surface area contributed by atoms with Gasteiger partial charge in [-0.2, -0.15) is 0 Å². The Hall–Kier alpha value is -1.59. The van der Waals surface area contributed by atoms with Crippen LogP contribution in [0.1, 0.15) is 38.4 Å². The molecule has 1 atom stereocenters. The maximum absolute atomic E-state index is 11.3. The topological polar surface area (TPSA) is 59.0 Å². The highest BCUT2D eigenvalue weighted by molar-refractivity contribution is 5.69. The van der Waals surface area contributed by atoms with Gasteiger partial charge in [-0.25, -0.2) is 0 Å². The lowest BCUT2D eigenvalue weighted by molar-refractivity contribution is -0.143. The Bertz CT molecular complexity index is 433. The Labute approximate surface area is 132 Å². The van der Waals surface area contributed by atoms with Gasteiger partial charge in [-0.05, 0) is 45.0 Å². The number of carbonyl (C=O) groups is 1. The molecular weight excluding hydrogens is 282 g/mol. The van der Waals surface area contributed by atoms with Crippen molar-refractivity contribution in [1.82, 2.24) is 4.90 Å². The molecule has 5 heteroatoms. The average molecular weight is 309 g/mol. The molecule has 0 saturated heterocycles. The van der Waals surface area contributed by atoms with E-state index in [2.05, 4.69) is 0 Å². The third-order valence-corrected chi connectivity index (χ3v) is 3.36. The van der Waals surface area contributed by atoms with E-state index in [0.29, 0.717) is 39.1 Å². The van der Waals surface area contributed by atoms with Gasteiger partial charge < -0.3 is 19.5 Å². The summed E-state index contributed by atoms with van der Waals surface area (Å²) in [5, 5.41) is 10.2. The molecule has 22 heavy (non-hydrogen) atoms. The molecule has 0 fully saturated rings. The number of carbonyl (C=O) groups excluding carboxylic acids is 1. The molecule has 0 aliphatic heterocycles. The quantitative estimate of drug-likeness (QED) is 0.673. The summed E-state index contributed by atoms with van der Waals surface area (Å²) in [6.45, 7) is 6.14. The van der Waals surface area contributed by atoms with Crippen LogP contribution < -0.4 is 4.74 Å². The van der Waals surface area contributed by atoms with Gasteiger partial charge in [0.1, 0.15) is 5.75 Å². The lowest BCUT2D eigenvalue weighted by Crippen LogP contribution is -2.25. The van der Waals surface area contributed by atoms with Crippen LogP contribution in [0, 0.1) is 0 Å². The zero-order chi connectivity index (χ0) is 16.4. The Kier molecular flexibility index (Phi) is 8.55. The van der Waals surface area contributed by atoms with Crippen LogP contribution in [0.4, 0.5) is 0 Å². The predicted molar refractivity (Wildman–Crippen MR) is 85.9 cm³/mol. The van der Waals surface area contributed by atoms with Crippen molar-refractivity contribution in [3.05, 3.63) is 29.8 Å². The Balaban J connectivity index is 2.32. The van der Waals surface area contributed by atoms with E-state index in [1.165, 1.54) is 0 Å². The van der Waals surface area contributed by atoms with E-state index in [0.717, 1.165) is 11.3 Å². The molecule has 0 saturated carbocycles. The summed E-state index contributed by atoms with van der Waals surface area (Å²) in [4.78, 5) is 13.3. The molecule has 0 aliphatic rings. The normalized spacial score (nSPS) is 12.2. The first-order valence-electron chi connectivity index (χ1n) is 7.81. The molecule has 1 rings (SSSR count). The van der Waals surface area contributed by atoms with E-state index in [1.54, 1.807) is 6.92 Å². The molecule has 1 N–H and O–H groups in total. The number of benzene rings is 1. The minimum absolute atomic E-state index is 0.179. The Morgan fingerprint density at radius 3 is 2.45 bits per heavy atom. The highest BCUT2D eigenvalue weighted by Crippen LogP contribution is 2.20. The molecule has 0 aliphatic carbocycles. The van der Waals surface area contributed by atoms with Crippen molar-refractivity contribution in [3.63, 3.8) is 0 Å². The van der Waals surface area contributed by atoms with Crippen LogP contribution in [0.25, 0.3) is 0 Å². The Morgan fingerprint density at radius 2 is 1.86 bits per heavy atom. The van der Waals surface area contributed by atoms with Crippen LogP contribution in [0.15, 0.2) is 24.3 Å². The monoisotopic (exact) mass is 309 g/mol. The molecule has 5 nitrogen and oxygen atoms in total. The zero-order valence-electron chi connectivity index (χ0n) is 13.7. The molecule has 124 valence electrons.